The van der Waals surface area contributed by atoms with E-state index in [1.54, 1.807) is 42.5 Å². The molecule has 0 fully saturated rings. The van der Waals surface area contributed by atoms with E-state index in [9.17, 15) is 19.2 Å². The highest BCUT2D eigenvalue weighted by Gasteiger charge is 2.32. The Morgan fingerprint density at radius 2 is 1.51 bits per heavy atom. The number of anilines is 2. The zero-order chi connectivity index (χ0) is 24.9. The number of benzene rings is 3. The number of carbonyl (C=O) groups excluding carboxylic acids is 4. The minimum absolute atomic E-state index is 0.0472. The number of carbonyl (C=O) groups is 4. The first-order valence-electron chi connectivity index (χ1n) is 11.6. The summed E-state index contributed by atoms with van der Waals surface area (Å²) in [5, 5.41) is 5.32. The maximum Gasteiger partial charge on any atom is 0.237 e. The van der Waals surface area contributed by atoms with E-state index in [-0.39, 0.29) is 28.9 Å². The van der Waals surface area contributed by atoms with Gasteiger partial charge < -0.3 is 10.6 Å². The largest absolute Gasteiger partial charge is 0.326 e. The first-order chi connectivity index (χ1) is 16.9. The third-order valence-corrected chi connectivity index (χ3v) is 7.10. The highest BCUT2D eigenvalue weighted by Crippen LogP contribution is 2.33. The van der Waals surface area contributed by atoms with Crippen molar-refractivity contribution in [2.75, 3.05) is 10.6 Å². The van der Waals surface area contributed by atoms with Crippen LogP contribution in [0.15, 0.2) is 71.6 Å². The predicted octanol–water partition coefficient (Wildman–Crippen LogP) is 5.71. The monoisotopic (exact) mass is 486 g/mol. The molecule has 1 aliphatic rings. The first-order valence-corrected chi connectivity index (χ1v) is 12.5. The molecule has 0 saturated carbocycles. The fourth-order valence-electron chi connectivity index (χ4n) is 4.05. The summed E-state index contributed by atoms with van der Waals surface area (Å²) in [5.74, 6) is -0.809. The lowest BCUT2D eigenvalue weighted by Gasteiger charge is -2.21. The predicted molar refractivity (Wildman–Crippen MR) is 138 cm³/mol. The number of hydrogen-bond acceptors (Lipinski definition) is 5. The summed E-state index contributed by atoms with van der Waals surface area (Å²) >= 11 is 1.38. The van der Waals surface area contributed by atoms with E-state index in [1.165, 1.54) is 11.8 Å². The van der Waals surface area contributed by atoms with Crippen LogP contribution in [-0.2, 0) is 9.59 Å². The second-order valence-electron chi connectivity index (χ2n) is 8.26. The first kappa shape index (κ1) is 24.4. The molecule has 2 N–H and O–H groups in total. The van der Waals surface area contributed by atoms with E-state index in [4.69, 9.17) is 0 Å². The summed E-state index contributed by atoms with van der Waals surface area (Å²) in [6.07, 6.45) is 1.76. The van der Waals surface area contributed by atoms with Gasteiger partial charge in [0, 0.05) is 33.7 Å². The van der Waals surface area contributed by atoms with E-state index in [0.717, 1.165) is 11.3 Å². The normalized spacial score (nSPS) is 13.0. The molecule has 6 nitrogen and oxygen atoms in total. The van der Waals surface area contributed by atoms with Gasteiger partial charge in [0.2, 0.25) is 11.8 Å². The fraction of sp³-hybridized carbons (Fsp3) is 0.214. The molecule has 1 unspecified atom stereocenters. The second kappa shape index (κ2) is 10.7. The molecule has 7 heteroatoms. The summed E-state index contributed by atoms with van der Waals surface area (Å²) in [5.41, 5.74) is 2.26. The highest BCUT2D eigenvalue weighted by molar-refractivity contribution is 8.00. The molecule has 35 heavy (non-hydrogen) atoms. The Balaban J connectivity index is 1.54. The average Bonchev–Trinajstić information content (AvgIpc) is 2.86. The highest BCUT2D eigenvalue weighted by atomic mass is 32.2. The smallest absolute Gasteiger partial charge is 0.237 e. The Hall–Kier alpha value is -3.71. The van der Waals surface area contributed by atoms with Gasteiger partial charge in [-0.25, -0.2) is 0 Å². The van der Waals surface area contributed by atoms with Gasteiger partial charge >= 0.3 is 0 Å². The lowest BCUT2D eigenvalue weighted by atomic mass is 9.83. The van der Waals surface area contributed by atoms with Gasteiger partial charge in [0.1, 0.15) is 0 Å². The van der Waals surface area contributed by atoms with Crippen molar-refractivity contribution in [1.82, 2.24) is 0 Å². The average molecular weight is 487 g/mol. The van der Waals surface area contributed by atoms with Crippen LogP contribution < -0.4 is 10.6 Å². The minimum Gasteiger partial charge on any atom is -0.326 e. The van der Waals surface area contributed by atoms with Crippen molar-refractivity contribution in [1.29, 1.82) is 0 Å². The zero-order valence-corrected chi connectivity index (χ0v) is 20.4. The summed E-state index contributed by atoms with van der Waals surface area (Å²) in [6, 6.07) is 19.1. The van der Waals surface area contributed by atoms with Crippen LogP contribution in [0.25, 0.3) is 0 Å². The van der Waals surface area contributed by atoms with Gasteiger partial charge in [-0.15, -0.1) is 11.8 Å². The molecule has 0 spiro atoms. The molecule has 1 aliphatic carbocycles. The standard InChI is InChI=1S/C28H26N2O4S/c1-3-9-24(31)29-17-10-7-11-18(16-17)35-23(4-2)28(34)30-22-15-8-14-21-25(22)27(33)20-13-6-5-12-19(20)26(21)32/h5-8,10-16,23H,3-4,9H2,1-2H3,(H,29,31)(H,30,34). The van der Waals surface area contributed by atoms with Crippen LogP contribution in [0.2, 0.25) is 0 Å². The zero-order valence-electron chi connectivity index (χ0n) is 19.6. The SMILES string of the molecule is CCCC(=O)Nc1cccc(SC(CC)C(=O)Nc2cccc3c2C(=O)c2ccccc2C3=O)c1. The summed E-state index contributed by atoms with van der Waals surface area (Å²) in [7, 11) is 0. The van der Waals surface area contributed by atoms with Crippen LogP contribution in [0.1, 0.15) is 65.0 Å². The van der Waals surface area contributed by atoms with Crippen molar-refractivity contribution in [3.05, 3.63) is 89.0 Å². The van der Waals surface area contributed by atoms with Crippen molar-refractivity contribution in [2.45, 2.75) is 43.3 Å². The molecule has 0 heterocycles. The van der Waals surface area contributed by atoms with E-state index >= 15 is 0 Å². The Labute approximate surface area is 208 Å². The molecular weight excluding hydrogens is 460 g/mol. The third kappa shape index (κ3) is 5.20. The molecule has 0 bridgehead atoms. The molecule has 3 aromatic carbocycles. The minimum atomic E-state index is -0.436. The lowest BCUT2D eigenvalue weighted by molar-refractivity contribution is -0.116. The van der Waals surface area contributed by atoms with Crippen molar-refractivity contribution < 1.29 is 19.2 Å². The van der Waals surface area contributed by atoms with E-state index in [1.807, 2.05) is 38.1 Å². The molecule has 4 rings (SSSR count). The van der Waals surface area contributed by atoms with Crippen molar-refractivity contribution in [2.24, 2.45) is 0 Å². The topological polar surface area (TPSA) is 92.3 Å². The van der Waals surface area contributed by atoms with E-state index < -0.39 is 5.25 Å². The van der Waals surface area contributed by atoms with Gasteiger partial charge in [0.05, 0.1) is 16.5 Å². The lowest BCUT2D eigenvalue weighted by Crippen LogP contribution is -2.28. The summed E-state index contributed by atoms with van der Waals surface area (Å²) in [4.78, 5) is 52.2. The Kier molecular flexibility index (Phi) is 7.46. The summed E-state index contributed by atoms with van der Waals surface area (Å²) in [6.45, 7) is 3.86. The van der Waals surface area contributed by atoms with Crippen LogP contribution in [0.4, 0.5) is 11.4 Å². The maximum absolute atomic E-state index is 13.2. The van der Waals surface area contributed by atoms with Crippen LogP contribution >= 0.6 is 11.8 Å². The Bertz CT molecular complexity index is 1320. The number of hydrogen-bond donors (Lipinski definition) is 2. The van der Waals surface area contributed by atoms with Crippen LogP contribution in [-0.4, -0.2) is 28.6 Å². The van der Waals surface area contributed by atoms with Gasteiger partial charge in [0.25, 0.3) is 0 Å². The van der Waals surface area contributed by atoms with Crippen LogP contribution in [0, 0.1) is 0 Å². The number of ketones is 2. The second-order valence-corrected chi connectivity index (χ2v) is 9.54. The van der Waals surface area contributed by atoms with Gasteiger partial charge in [0.15, 0.2) is 11.6 Å². The molecule has 2 amide bonds. The molecule has 0 saturated heterocycles. The molecule has 3 aromatic rings. The number of rotatable bonds is 8. The molecule has 1 atom stereocenters. The van der Waals surface area contributed by atoms with Gasteiger partial charge in [-0.1, -0.05) is 56.3 Å². The van der Waals surface area contributed by atoms with Crippen molar-refractivity contribution in [3.8, 4) is 0 Å². The summed E-state index contributed by atoms with van der Waals surface area (Å²) < 4.78 is 0. The molecular formula is C28H26N2O4S. The van der Waals surface area contributed by atoms with Crippen molar-refractivity contribution >= 4 is 46.5 Å². The van der Waals surface area contributed by atoms with Gasteiger partial charge in [-0.3, -0.25) is 19.2 Å². The Morgan fingerprint density at radius 1 is 0.829 bits per heavy atom. The van der Waals surface area contributed by atoms with E-state index in [0.29, 0.717) is 40.9 Å². The third-order valence-electron chi connectivity index (χ3n) is 5.75. The van der Waals surface area contributed by atoms with Crippen molar-refractivity contribution in [3.63, 3.8) is 0 Å². The molecule has 0 radical (unpaired) electrons. The Morgan fingerprint density at radius 3 is 2.23 bits per heavy atom. The molecule has 0 aliphatic heterocycles. The number of amides is 2. The maximum atomic E-state index is 13.2. The van der Waals surface area contributed by atoms with Gasteiger partial charge in [-0.2, -0.15) is 0 Å². The molecule has 178 valence electrons. The fourth-order valence-corrected chi connectivity index (χ4v) is 5.06. The number of fused-ring (bicyclic) bond motifs is 2. The number of thioether (sulfide) groups is 1. The van der Waals surface area contributed by atoms with E-state index in [2.05, 4.69) is 10.6 Å². The van der Waals surface area contributed by atoms with Crippen LogP contribution in [0.5, 0.6) is 0 Å². The quantitative estimate of drug-likeness (QED) is 0.311. The molecule has 0 aromatic heterocycles. The van der Waals surface area contributed by atoms with Crippen LogP contribution in [0.3, 0.4) is 0 Å². The van der Waals surface area contributed by atoms with Gasteiger partial charge in [-0.05, 0) is 37.1 Å². The number of nitrogens with one attached hydrogen (secondary N) is 2.